The fourth-order valence-corrected chi connectivity index (χ4v) is 2.84. The Morgan fingerprint density at radius 2 is 1.78 bits per heavy atom. The van der Waals surface area contributed by atoms with Gasteiger partial charge in [-0.25, -0.2) is 0 Å². The van der Waals surface area contributed by atoms with E-state index >= 15 is 0 Å². The molecule has 118 valence electrons. The lowest BCUT2D eigenvalue weighted by molar-refractivity contribution is 0.531. The number of halogens is 3. The molecule has 0 saturated heterocycles. The summed E-state index contributed by atoms with van der Waals surface area (Å²) in [5.74, 6) is 1.59. The molecule has 0 aliphatic heterocycles. The van der Waals surface area contributed by atoms with Crippen LogP contribution < -0.4 is 5.32 Å². The SMILES string of the molecule is Cc1c(Cl)cccc1-c1ccc(CNc2cc(Cl)ccc2Cl)o1. The van der Waals surface area contributed by atoms with Crippen molar-refractivity contribution in [3.05, 3.63) is 74.9 Å². The summed E-state index contributed by atoms with van der Waals surface area (Å²) in [6.45, 7) is 2.49. The van der Waals surface area contributed by atoms with E-state index in [1.165, 1.54) is 0 Å². The van der Waals surface area contributed by atoms with E-state index in [9.17, 15) is 0 Å². The number of benzene rings is 2. The van der Waals surface area contributed by atoms with Crippen LogP contribution in [-0.4, -0.2) is 0 Å². The van der Waals surface area contributed by atoms with Gasteiger partial charge in [0.25, 0.3) is 0 Å². The molecule has 0 spiro atoms. The standard InChI is InChI=1S/C18H14Cl3NO/c1-11-14(3-2-4-15(11)20)18-8-6-13(23-18)10-22-17-9-12(19)5-7-16(17)21/h2-9,22H,10H2,1H3. The summed E-state index contributed by atoms with van der Waals surface area (Å²) in [6, 6.07) is 14.9. The monoisotopic (exact) mass is 365 g/mol. The number of hydrogen-bond donors (Lipinski definition) is 1. The molecule has 3 aromatic rings. The van der Waals surface area contributed by atoms with Crippen molar-refractivity contribution >= 4 is 40.5 Å². The van der Waals surface area contributed by atoms with Crippen LogP contribution in [0.3, 0.4) is 0 Å². The summed E-state index contributed by atoms with van der Waals surface area (Å²) in [5.41, 5.74) is 2.77. The lowest BCUT2D eigenvalue weighted by atomic mass is 10.1. The maximum Gasteiger partial charge on any atom is 0.134 e. The van der Waals surface area contributed by atoms with Crippen LogP contribution in [0, 0.1) is 6.92 Å². The van der Waals surface area contributed by atoms with Crippen LogP contribution in [-0.2, 0) is 6.54 Å². The second kappa shape index (κ2) is 6.88. The fourth-order valence-electron chi connectivity index (χ4n) is 2.31. The van der Waals surface area contributed by atoms with Crippen LogP contribution in [0.4, 0.5) is 5.69 Å². The van der Waals surface area contributed by atoms with E-state index in [1.54, 1.807) is 18.2 Å². The molecule has 2 aromatic carbocycles. The normalized spacial score (nSPS) is 10.8. The van der Waals surface area contributed by atoms with Gasteiger partial charge in [0, 0.05) is 15.6 Å². The number of rotatable bonds is 4. The number of furan rings is 1. The lowest BCUT2D eigenvalue weighted by Crippen LogP contribution is -1.98. The van der Waals surface area contributed by atoms with E-state index in [-0.39, 0.29) is 0 Å². The Hall–Kier alpha value is -1.61. The van der Waals surface area contributed by atoms with Crippen molar-refractivity contribution < 1.29 is 4.42 Å². The zero-order valence-corrected chi connectivity index (χ0v) is 14.6. The highest BCUT2D eigenvalue weighted by Gasteiger charge is 2.10. The van der Waals surface area contributed by atoms with Gasteiger partial charge in [0.2, 0.25) is 0 Å². The first-order valence-electron chi connectivity index (χ1n) is 7.08. The predicted octanol–water partition coefficient (Wildman–Crippen LogP) is 6.83. The third-order valence-corrected chi connectivity index (χ3v) is 4.55. The van der Waals surface area contributed by atoms with Crippen molar-refractivity contribution in [2.24, 2.45) is 0 Å². The van der Waals surface area contributed by atoms with Crippen LogP contribution in [0.15, 0.2) is 52.9 Å². The smallest absolute Gasteiger partial charge is 0.134 e. The van der Waals surface area contributed by atoms with Crippen molar-refractivity contribution in [2.75, 3.05) is 5.32 Å². The van der Waals surface area contributed by atoms with Crippen LogP contribution >= 0.6 is 34.8 Å². The highest BCUT2D eigenvalue weighted by molar-refractivity contribution is 6.35. The molecule has 3 rings (SSSR count). The topological polar surface area (TPSA) is 25.2 Å². The first-order valence-corrected chi connectivity index (χ1v) is 8.21. The Morgan fingerprint density at radius 3 is 2.61 bits per heavy atom. The zero-order valence-electron chi connectivity index (χ0n) is 12.4. The van der Waals surface area contributed by atoms with Gasteiger partial charge in [0.15, 0.2) is 0 Å². The minimum absolute atomic E-state index is 0.514. The van der Waals surface area contributed by atoms with E-state index in [0.29, 0.717) is 16.6 Å². The lowest BCUT2D eigenvalue weighted by Gasteiger charge is -2.07. The summed E-state index contributed by atoms with van der Waals surface area (Å²) in [4.78, 5) is 0. The highest BCUT2D eigenvalue weighted by atomic mass is 35.5. The fraction of sp³-hybridized carbons (Fsp3) is 0.111. The highest BCUT2D eigenvalue weighted by Crippen LogP contribution is 2.30. The van der Waals surface area contributed by atoms with E-state index < -0.39 is 0 Å². The minimum atomic E-state index is 0.514. The molecule has 0 fully saturated rings. The Labute approximate surface area is 150 Å². The Morgan fingerprint density at radius 1 is 0.957 bits per heavy atom. The second-order valence-corrected chi connectivity index (χ2v) is 6.41. The van der Waals surface area contributed by atoms with Crippen LogP contribution in [0.25, 0.3) is 11.3 Å². The predicted molar refractivity (Wildman–Crippen MR) is 97.7 cm³/mol. The first kappa shape index (κ1) is 16.3. The molecule has 1 heterocycles. The Balaban J connectivity index is 1.77. The van der Waals surface area contributed by atoms with Crippen LogP contribution in [0.1, 0.15) is 11.3 Å². The van der Waals surface area contributed by atoms with Crippen molar-refractivity contribution in [3.8, 4) is 11.3 Å². The van der Waals surface area contributed by atoms with Gasteiger partial charge in [-0.15, -0.1) is 0 Å². The number of anilines is 1. The maximum absolute atomic E-state index is 6.16. The summed E-state index contributed by atoms with van der Waals surface area (Å²) in [5, 5.41) is 5.20. The average molecular weight is 367 g/mol. The van der Waals surface area contributed by atoms with E-state index in [0.717, 1.165) is 33.4 Å². The molecule has 0 bridgehead atoms. The maximum atomic E-state index is 6.16. The molecule has 2 nitrogen and oxygen atoms in total. The van der Waals surface area contributed by atoms with Gasteiger partial charge in [0.1, 0.15) is 11.5 Å². The van der Waals surface area contributed by atoms with Crippen molar-refractivity contribution in [2.45, 2.75) is 13.5 Å². The van der Waals surface area contributed by atoms with E-state index in [4.69, 9.17) is 39.2 Å². The molecular formula is C18H14Cl3NO. The first-order chi connectivity index (χ1) is 11.0. The van der Waals surface area contributed by atoms with Crippen molar-refractivity contribution in [1.82, 2.24) is 0 Å². The largest absolute Gasteiger partial charge is 0.459 e. The molecular weight excluding hydrogens is 353 g/mol. The van der Waals surface area contributed by atoms with Crippen LogP contribution in [0.2, 0.25) is 15.1 Å². The van der Waals surface area contributed by atoms with Crippen molar-refractivity contribution in [1.29, 1.82) is 0 Å². The zero-order chi connectivity index (χ0) is 16.4. The second-order valence-electron chi connectivity index (χ2n) is 5.16. The third-order valence-electron chi connectivity index (χ3n) is 3.58. The molecule has 0 amide bonds. The molecule has 0 radical (unpaired) electrons. The van der Waals surface area contributed by atoms with Gasteiger partial charge >= 0.3 is 0 Å². The summed E-state index contributed by atoms with van der Waals surface area (Å²) in [7, 11) is 0. The van der Waals surface area contributed by atoms with Gasteiger partial charge in [-0.2, -0.15) is 0 Å². The summed E-state index contributed by atoms with van der Waals surface area (Å²) in [6.07, 6.45) is 0. The summed E-state index contributed by atoms with van der Waals surface area (Å²) >= 11 is 18.3. The Kier molecular flexibility index (Phi) is 4.86. The van der Waals surface area contributed by atoms with Crippen molar-refractivity contribution in [3.63, 3.8) is 0 Å². The molecule has 5 heteroatoms. The molecule has 0 aliphatic carbocycles. The molecule has 0 unspecified atom stereocenters. The van der Waals surface area contributed by atoms with E-state index in [1.807, 2.05) is 37.3 Å². The van der Waals surface area contributed by atoms with Gasteiger partial charge in [-0.3, -0.25) is 0 Å². The molecule has 1 aromatic heterocycles. The molecule has 0 atom stereocenters. The number of nitrogens with one attached hydrogen (secondary N) is 1. The van der Waals surface area contributed by atoms with Gasteiger partial charge in [-0.05, 0) is 48.9 Å². The van der Waals surface area contributed by atoms with E-state index in [2.05, 4.69) is 5.32 Å². The molecule has 0 saturated carbocycles. The molecule has 1 N–H and O–H groups in total. The number of hydrogen-bond acceptors (Lipinski definition) is 2. The van der Waals surface area contributed by atoms with Gasteiger partial charge in [-0.1, -0.05) is 46.9 Å². The Bertz CT molecular complexity index is 842. The van der Waals surface area contributed by atoms with Crippen LogP contribution in [0.5, 0.6) is 0 Å². The average Bonchev–Trinajstić information content (AvgIpc) is 2.99. The third kappa shape index (κ3) is 3.66. The minimum Gasteiger partial charge on any atom is -0.459 e. The molecule has 23 heavy (non-hydrogen) atoms. The quantitative estimate of drug-likeness (QED) is 0.547. The van der Waals surface area contributed by atoms with Gasteiger partial charge in [0.05, 0.1) is 17.3 Å². The molecule has 0 aliphatic rings. The van der Waals surface area contributed by atoms with Gasteiger partial charge < -0.3 is 9.73 Å². The summed E-state index contributed by atoms with van der Waals surface area (Å²) < 4.78 is 5.90.